The molecule has 0 radical (unpaired) electrons. The lowest BCUT2D eigenvalue weighted by Gasteiger charge is -2.27. The molecule has 172 valence electrons. The summed E-state index contributed by atoms with van der Waals surface area (Å²) >= 11 is 3.40. The predicted molar refractivity (Wildman–Crippen MR) is 125 cm³/mol. The third-order valence-corrected chi connectivity index (χ3v) is 5.53. The lowest BCUT2D eigenvalue weighted by atomic mass is 10.2. The second-order valence-corrected chi connectivity index (χ2v) is 8.06. The maximum absolute atomic E-state index is 12.7. The Balaban J connectivity index is 1.66. The van der Waals surface area contributed by atoms with Crippen LogP contribution in [0.1, 0.15) is 5.56 Å². The molecule has 33 heavy (non-hydrogen) atoms. The van der Waals surface area contributed by atoms with E-state index in [1.165, 1.54) is 13.3 Å². The predicted octanol–water partition coefficient (Wildman–Crippen LogP) is 1.58. The molecule has 1 aliphatic rings. The standard InChI is InChI=1S/C22H21BrN4O6/c1-31-18-11-15(23)10-14(20(18)33-13-19(28)26-6-8-32-9-7-26)12-24-27-21(29)16-4-2-3-5-17(16)25-22(27)30/h2-5,10-12H,6-9,13H2,1H3,(H,25,30). The molecular weight excluding hydrogens is 496 g/mol. The first kappa shape index (κ1) is 22.7. The highest BCUT2D eigenvalue weighted by Gasteiger charge is 2.19. The summed E-state index contributed by atoms with van der Waals surface area (Å²) in [6.07, 6.45) is 1.31. The number of nitrogens with one attached hydrogen (secondary N) is 1. The zero-order chi connectivity index (χ0) is 23.4. The van der Waals surface area contributed by atoms with Crippen molar-refractivity contribution in [3.8, 4) is 11.5 Å². The Hall–Kier alpha value is -3.44. The number of carbonyl (C=O) groups excluding carboxylic acids is 1. The monoisotopic (exact) mass is 516 g/mol. The highest BCUT2D eigenvalue weighted by atomic mass is 79.9. The number of amides is 1. The van der Waals surface area contributed by atoms with Gasteiger partial charge in [0, 0.05) is 23.1 Å². The molecule has 4 rings (SSSR count). The van der Waals surface area contributed by atoms with Crippen molar-refractivity contribution in [2.45, 2.75) is 0 Å². The minimum Gasteiger partial charge on any atom is -0.493 e. The summed E-state index contributed by atoms with van der Waals surface area (Å²) < 4.78 is 17.9. The van der Waals surface area contributed by atoms with Gasteiger partial charge in [0.15, 0.2) is 18.1 Å². The number of para-hydroxylation sites is 1. The fourth-order valence-electron chi connectivity index (χ4n) is 3.41. The molecule has 0 atom stereocenters. The molecule has 0 aliphatic carbocycles. The Labute approximate surface area is 196 Å². The van der Waals surface area contributed by atoms with Crippen molar-refractivity contribution in [2.75, 3.05) is 40.0 Å². The Morgan fingerprint density at radius 2 is 2.00 bits per heavy atom. The first-order chi connectivity index (χ1) is 16.0. The van der Waals surface area contributed by atoms with E-state index in [2.05, 4.69) is 26.0 Å². The summed E-state index contributed by atoms with van der Waals surface area (Å²) in [6, 6.07) is 10.0. The highest BCUT2D eigenvalue weighted by Crippen LogP contribution is 2.34. The van der Waals surface area contributed by atoms with Crippen LogP contribution in [0.15, 0.2) is 55.6 Å². The van der Waals surface area contributed by atoms with Crippen molar-refractivity contribution in [1.82, 2.24) is 14.6 Å². The number of rotatable bonds is 6. The number of methoxy groups -OCH3 is 1. The van der Waals surface area contributed by atoms with Gasteiger partial charge in [-0.1, -0.05) is 28.1 Å². The molecule has 1 aliphatic heterocycles. The molecule has 11 heteroatoms. The third kappa shape index (κ3) is 4.99. The SMILES string of the molecule is COc1cc(Br)cc(C=Nn2c(=O)[nH]c3ccccc3c2=O)c1OCC(=O)N1CCOCC1. The number of aromatic nitrogens is 2. The molecule has 2 heterocycles. The van der Waals surface area contributed by atoms with Crippen molar-refractivity contribution in [3.05, 3.63) is 67.3 Å². The lowest BCUT2D eigenvalue weighted by Crippen LogP contribution is -2.43. The van der Waals surface area contributed by atoms with E-state index in [9.17, 15) is 14.4 Å². The van der Waals surface area contributed by atoms with Gasteiger partial charge in [-0.05, 0) is 24.3 Å². The van der Waals surface area contributed by atoms with Crippen molar-refractivity contribution in [2.24, 2.45) is 5.10 Å². The summed E-state index contributed by atoms with van der Waals surface area (Å²) in [6.45, 7) is 1.76. The van der Waals surface area contributed by atoms with E-state index in [-0.39, 0.29) is 18.3 Å². The summed E-state index contributed by atoms with van der Waals surface area (Å²) in [5.41, 5.74) is -0.399. The van der Waals surface area contributed by atoms with Gasteiger partial charge in [-0.15, -0.1) is 4.68 Å². The summed E-state index contributed by atoms with van der Waals surface area (Å²) in [7, 11) is 1.47. The van der Waals surface area contributed by atoms with Gasteiger partial charge in [0.05, 0.1) is 37.4 Å². The molecule has 1 aromatic heterocycles. The molecule has 0 bridgehead atoms. The quantitative estimate of drug-likeness (QED) is 0.497. The van der Waals surface area contributed by atoms with Crippen LogP contribution in [0.4, 0.5) is 0 Å². The van der Waals surface area contributed by atoms with Crippen LogP contribution in [-0.2, 0) is 9.53 Å². The molecule has 10 nitrogen and oxygen atoms in total. The zero-order valence-electron chi connectivity index (χ0n) is 17.7. The molecule has 2 aromatic carbocycles. The van der Waals surface area contributed by atoms with Gasteiger partial charge in [0.2, 0.25) is 0 Å². The van der Waals surface area contributed by atoms with E-state index in [1.54, 1.807) is 41.3 Å². The number of aromatic amines is 1. The topological polar surface area (TPSA) is 115 Å². The smallest absolute Gasteiger partial charge is 0.349 e. The van der Waals surface area contributed by atoms with Crippen molar-refractivity contribution in [3.63, 3.8) is 0 Å². The maximum Gasteiger partial charge on any atom is 0.349 e. The number of fused-ring (bicyclic) bond motifs is 1. The Morgan fingerprint density at radius 3 is 2.76 bits per heavy atom. The fourth-order valence-corrected chi connectivity index (χ4v) is 3.86. The number of H-pyrrole nitrogens is 1. The average Bonchev–Trinajstić information content (AvgIpc) is 2.83. The van der Waals surface area contributed by atoms with Crippen LogP contribution in [0, 0.1) is 0 Å². The van der Waals surface area contributed by atoms with Gasteiger partial charge in [-0.25, -0.2) is 4.79 Å². The Bertz CT molecular complexity index is 1330. The molecule has 1 saturated heterocycles. The minimum atomic E-state index is -0.679. The van der Waals surface area contributed by atoms with Gasteiger partial charge in [0.25, 0.3) is 11.5 Å². The highest BCUT2D eigenvalue weighted by molar-refractivity contribution is 9.10. The van der Waals surface area contributed by atoms with Crippen molar-refractivity contribution >= 4 is 39.0 Å². The first-order valence-corrected chi connectivity index (χ1v) is 10.9. The van der Waals surface area contributed by atoms with Crippen LogP contribution in [0.5, 0.6) is 11.5 Å². The molecule has 1 amide bonds. The summed E-state index contributed by atoms with van der Waals surface area (Å²) in [5, 5.41) is 4.41. The first-order valence-electron chi connectivity index (χ1n) is 10.1. The zero-order valence-corrected chi connectivity index (χ0v) is 19.3. The number of benzene rings is 2. The van der Waals surface area contributed by atoms with E-state index in [4.69, 9.17) is 14.2 Å². The van der Waals surface area contributed by atoms with Crippen LogP contribution in [0.3, 0.4) is 0 Å². The maximum atomic E-state index is 12.7. The molecule has 1 fully saturated rings. The number of nitrogens with zero attached hydrogens (tertiary/aromatic N) is 3. The molecular formula is C22H21BrN4O6. The second-order valence-electron chi connectivity index (χ2n) is 7.15. The number of morpholine rings is 1. The van der Waals surface area contributed by atoms with E-state index in [0.717, 1.165) is 4.68 Å². The van der Waals surface area contributed by atoms with E-state index in [1.807, 2.05) is 0 Å². The van der Waals surface area contributed by atoms with Crippen LogP contribution in [0.25, 0.3) is 10.9 Å². The summed E-state index contributed by atoms with van der Waals surface area (Å²) in [5.74, 6) is 0.435. The Morgan fingerprint density at radius 1 is 1.24 bits per heavy atom. The molecule has 0 spiro atoms. The fraction of sp³-hybridized carbons (Fsp3) is 0.273. The van der Waals surface area contributed by atoms with E-state index >= 15 is 0 Å². The number of carbonyl (C=O) groups is 1. The number of hydrogen-bond acceptors (Lipinski definition) is 7. The van der Waals surface area contributed by atoms with Crippen LogP contribution < -0.4 is 20.7 Å². The number of ether oxygens (including phenoxy) is 3. The van der Waals surface area contributed by atoms with Gasteiger partial charge < -0.3 is 24.1 Å². The van der Waals surface area contributed by atoms with Gasteiger partial charge in [-0.3, -0.25) is 9.59 Å². The average molecular weight is 517 g/mol. The van der Waals surface area contributed by atoms with Crippen LogP contribution >= 0.6 is 15.9 Å². The molecule has 3 aromatic rings. The molecule has 0 saturated carbocycles. The number of halogens is 1. The normalized spacial score (nSPS) is 14.1. The minimum absolute atomic E-state index is 0.187. The van der Waals surface area contributed by atoms with E-state index < -0.39 is 11.2 Å². The van der Waals surface area contributed by atoms with Crippen LogP contribution in [-0.4, -0.2) is 66.7 Å². The van der Waals surface area contributed by atoms with Crippen molar-refractivity contribution in [1.29, 1.82) is 0 Å². The summed E-state index contributed by atoms with van der Waals surface area (Å²) in [4.78, 5) is 42.0. The molecule has 0 unspecified atom stereocenters. The van der Waals surface area contributed by atoms with E-state index in [0.29, 0.717) is 53.0 Å². The number of hydrogen-bond donors (Lipinski definition) is 1. The van der Waals surface area contributed by atoms with Crippen LogP contribution in [0.2, 0.25) is 0 Å². The Kier molecular flexibility index (Phi) is 6.90. The van der Waals surface area contributed by atoms with Gasteiger partial charge in [0.1, 0.15) is 0 Å². The van der Waals surface area contributed by atoms with Crippen molar-refractivity contribution < 1.29 is 19.0 Å². The molecule has 1 N–H and O–H groups in total. The van der Waals surface area contributed by atoms with Gasteiger partial charge >= 0.3 is 5.69 Å². The third-order valence-electron chi connectivity index (χ3n) is 5.07. The largest absolute Gasteiger partial charge is 0.493 e. The lowest BCUT2D eigenvalue weighted by molar-refractivity contribution is -0.137. The van der Waals surface area contributed by atoms with Gasteiger partial charge in [-0.2, -0.15) is 5.10 Å². The second kappa shape index (κ2) is 10.0.